The molecule has 0 heterocycles. The van der Waals surface area contributed by atoms with Gasteiger partial charge in [0, 0.05) is 37.6 Å². The standard InChI is InChI=1S/C25H34N2O2/c1-18-9-10-20(17-24(18)25(28)26-13-6-14-29-3)16-21-11-12-23(15-19(21)2)27-22-7-4-5-8-22/h9-12,15,17,22,27H,4-8,13-14,16H2,1-3H3,(H,26,28). The van der Waals surface area contributed by atoms with Gasteiger partial charge < -0.3 is 15.4 Å². The first kappa shape index (κ1) is 21.4. The van der Waals surface area contributed by atoms with Gasteiger partial charge in [-0.25, -0.2) is 0 Å². The molecule has 0 atom stereocenters. The number of hydrogen-bond donors (Lipinski definition) is 2. The lowest BCUT2D eigenvalue weighted by atomic mass is 9.96. The van der Waals surface area contributed by atoms with E-state index in [1.807, 2.05) is 19.1 Å². The molecule has 0 aromatic heterocycles. The summed E-state index contributed by atoms with van der Waals surface area (Å²) in [6.45, 7) is 5.45. The quantitative estimate of drug-likeness (QED) is 0.588. The van der Waals surface area contributed by atoms with E-state index in [9.17, 15) is 4.79 Å². The van der Waals surface area contributed by atoms with Crippen LogP contribution >= 0.6 is 0 Å². The number of methoxy groups -OCH3 is 1. The van der Waals surface area contributed by atoms with E-state index >= 15 is 0 Å². The van der Waals surface area contributed by atoms with Crippen LogP contribution in [0, 0.1) is 13.8 Å². The molecular formula is C25H34N2O2. The van der Waals surface area contributed by atoms with Gasteiger partial charge in [0.25, 0.3) is 5.91 Å². The van der Waals surface area contributed by atoms with Crippen LogP contribution in [0.1, 0.15) is 64.7 Å². The summed E-state index contributed by atoms with van der Waals surface area (Å²) in [5.41, 5.74) is 6.75. The number of hydrogen-bond acceptors (Lipinski definition) is 3. The third-order valence-electron chi connectivity index (χ3n) is 5.82. The van der Waals surface area contributed by atoms with Crippen molar-refractivity contribution in [2.45, 2.75) is 58.4 Å². The summed E-state index contributed by atoms with van der Waals surface area (Å²) < 4.78 is 5.04. The van der Waals surface area contributed by atoms with Crippen molar-refractivity contribution < 1.29 is 9.53 Å². The molecule has 29 heavy (non-hydrogen) atoms. The van der Waals surface area contributed by atoms with Crippen LogP contribution in [0.5, 0.6) is 0 Å². The zero-order chi connectivity index (χ0) is 20.6. The van der Waals surface area contributed by atoms with Crippen molar-refractivity contribution in [1.82, 2.24) is 5.32 Å². The van der Waals surface area contributed by atoms with Crippen LogP contribution in [0.25, 0.3) is 0 Å². The molecule has 2 aromatic rings. The average Bonchev–Trinajstić information content (AvgIpc) is 3.21. The Morgan fingerprint density at radius 3 is 2.59 bits per heavy atom. The van der Waals surface area contributed by atoms with Crippen molar-refractivity contribution in [2.75, 3.05) is 25.6 Å². The lowest BCUT2D eigenvalue weighted by Gasteiger charge is -2.16. The number of rotatable bonds is 9. The second-order valence-electron chi connectivity index (χ2n) is 8.20. The highest BCUT2D eigenvalue weighted by atomic mass is 16.5. The molecule has 2 N–H and O–H groups in total. The minimum atomic E-state index is -0.00622. The smallest absolute Gasteiger partial charge is 0.251 e. The van der Waals surface area contributed by atoms with Crippen LogP contribution in [-0.2, 0) is 11.2 Å². The van der Waals surface area contributed by atoms with E-state index in [4.69, 9.17) is 4.74 Å². The lowest BCUT2D eigenvalue weighted by molar-refractivity contribution is 0.0948. The van der Waals surface area contributed by atoms with Crippen molar-refractivity contribution in [2.24, 2.45) is 0 Å². The highest BCUT2D eigenvalue weighted by Crippen LogP contribution is 2.25. The number of carbonyl (C=O) groups is 1. The number of aryl methyl sites for hydroxylation is 2. The van der Waals surface area contributed by atoms with Gasteiger partial charge in [-0.1, -0.05) is 31.0 Å². The molecule has 0 unspecified atom stereocenters. The fourth-order valence-electron chi connectivity index (χ4n) is 4.05. The van der Waals surface area contributed by atoms with E-state index in [1.165, 1.54) is 42.5 Å². The van der Waals surface area contributed by atoms with Gasteiger partial charge >= 0.3 is 0 Å². The molecule has 0 bridgehead atoms. The molecule has 3 rings (SSSR count). The minimum absolute atomic E-state index is 0.00622. The van der Waals surface area contributed by atoms with Crippen LogP contribution in [0.4, 0.5) is 5.69 Å². The van der Waals surface area contributed by atoms with Crippen LogP contribution in [0.3, 0.4) is 0 Å². The number of ether oxygens (including phenoxy) is 1. The van der Waals surface area contributed by atoms with Gasteiger partial charge in [-0.2, -0.15) is 0 Å². The summed E-state index contributed by atoms with van der Waals surface area (Å²) in [7, 11) is 1.68. The van der Waals surface area contributed by atoms with Gasteiger partial charge in [-0.15, -0.1) is 0 Å². The Kier molecular flexibility index (Phi) is 7.70. The molecule has 1 aliphatic carbocycles. The molecule has 0 spiro atoms. The third kappa shape index (κ3) is 6.07. The minimum Gasteiger partial charge on any atom is -0.385 e. The van der Waals surface area contributed by atoms with Crippen LogP contribution in [-0.4, -0.2) is 32.2 Å². The van der Waals surface area contributed by atoms with Crippen molar-refractivity contribution in [3.05, 3.63) is 64.2 Å². The third-order valence-corrected chi connectivity index (χ3v) is 5.82. The second kappa shape index (κ2) is 10.4. The summed E-state index contributed by atoms with van der Waals surface area (Å²) in [5.74, 6) is -0.00622. The summed E-state index contributed by atoms with van der Waals surface area (Å²) in [4.78, 5) is 12.5. The summed E-state index contributed by atoms with van der Waals surface area (Å²) >= 11 is 0. The number of amides is 1. The van der Waals surface area contributed by atoms with Crippen molar-refractivity contribution in [3.8, 4) is 0 Å². The zero-order valence-electron chi connectivity index (χ0n) is 18.0. The van der Waals surface area contributed by atoms with Crippen molar-refractivity contribution >= 4 is 11.6 Å². The summed E-state index contributed by atoms with van der Waals surface area (Å²) in [6.07, 6.45) is 6.89. The maximum absolute atomic E-state index is 12.5. The molecule has 0 saturated heterocycles. The summed E-state index contributed by atoms with van der Waals surface area (Å²) in [6, 6.07) is 13.5. The Morgan fingerprint density at radius 1 is 1.07 bits per heavy atom. The first-order valence-electron chi connectivity index (χ1n) is 10.8. The molecule has 1 saturated carbocycles. The normalized spacial score (nSPS) is 14.2. The molecule has 0 aliphatic heterocycles. The van der Waals surface area contributed by atoms with E-state index in [0.717, 1.165) is 29.5 Å². The van der Waals surface area contributed by atoms with Gasteiger partial charge in [0.1, 0.15) is 0 Å². The molecule has 4 heteroatoms. The Balaban J connectivity index is 1.65. The van der Waals surface area contributed by atoms with Gasteiger partial charge in [0.05, 0.1) is 0 Å². The SMILES string of the molecule is COCCCNC(=O)c1cc(Cc2ccc(NC3CCCC3)cc2C)ccc1C. The van der Waals surface area contributed by atoms with Crippen LogP contribution < -0.4 is 10.6 Å². The lowest BCUT2D eigenvalue weighted by Crippen LogP contribution is -2.26. The van der Waals surface area contributed by atoms with Crippen LogP contribution in [0.15, 0.2) is 36.4 Å². The Hall–Kier alpha value is -2.33. The average molecular weight is 395 g/mol. The largest absolute Gasteiger partial charge is 0.385 e. The van der Waals surface area contributed by atoms with E-state index < -0.39 is 0 Å². The van der Waals surface area contributed by atoms with Gasteiger partial charge in [-0.05, 0) is 80.0 Å². The molecular weight excluding hydrogens is 360 g/mol. The first-order valence-corrected chi connectivity index (χ1v) is 10.8. The predicted molar refractivity (Wildman–Crippen MR) is 120 cm³/mol. The van der Waals surface area contributed by atoms with Crippen LogP contribution in [0.2, 0.25) is 0 Å². The van der Waals surface area contributed by atoms with E-state index in [-0.39, 0.29) is 5.91 Å². The molecule has 1 fully saturated rings. The number of carbonyl (C=O) groups excluding carboxylic acids is 1. The number of nitrogens with one attached hydrogen (secondary N) is 2. The van der Waals surface area contributed by atoms with Gasteiger partial charge in [0.15, 0.2) is 0 Å². The van der Waals surface area contributed by atoms with E-state index in [0.29, 0.717) is 19.2 Å². The van der Waals surface area contributed by atoms with E-state index in [2.05, 4.69) is 41.8 Å². The fourth-order valence-corrected chi connectivity index (χ4v) is 4.05. The molecule has 0 radical (unpaired) electrons. The maximum atomic E-state index is 12.5. The first-order chi connectivity index (χ1) is 14.1. The highest BCUT2D eigenvalue weighted by Gasteiger charge is 2.15. The molecule has 2 aromatic carbocycles. The Morgan fingerprint density at radius 2 is 1.86 bits per heavy atom. The maximum Gasteiger partial charge on any atom is 0.251 e. The Bertz CT molecular complexity index is 826. The van der Waals surface area contributed by atoms with Gasteiger partial charge in [-0.3, -0.25) is 4.79 Å². The van der Waals surface area contributed by atoms with Crippen molar-refractivity contribution in [1.29, 1.82) is 0 Å². The molecule has 1 aliphatic rings. The molecule has 156 valence electrons. The molecule has 4 nitrogen and oxygen atoms in total. The van der Waals surface area contributed by atoms with Crippen molar-refractivity contribution in [3.63, 3.8) is 0 Å². The topological polar surface area (TPSA) is 50.4 Å². The summed E-state index contributed by atoms with van der Waals surface area (Å²) in [5, 5.41) is 6.66. The second-order valence-corrected chi connectivity index (χ2v) is 8.20. The van der Waals surface area contributed by atoms with Gasteiger partial charge in [0.2, 0.25) is 0 Å². The van der Waals surface area contributed by atoms with E-state index in [1.54, 1.807) is 7.11 Å². The number of anilines is 1. The monoisotopic (exact) mass is 394 g/mol. The Labute approximate surface area is 175 Å². The predicted octanol–water partition coefficient (Wildman–Crippen LogP) is 5.02. The fraction of sp³-hybridized carbons (Fsp3) is 0.480. The molecule has 1 amide bonds. The number of benzene rings is 2. The zero-order valence-corrected chi connectivity index (χ0v) is 18.0. The highest BCUT2D eigenvalue weighted by molar-refractivity contribution is 5.95.